The molecular formula is C11H22O3. The number of hydrogen-bond donors (Lipinski definition) is 1. The fourth-order valence-electron chi connectivity index (χ4n) is 0.874. The van der Waals surface area contributed by atoms with Crippen molar-refractivity contribution < 1.29 is 14.6 Å². The van der Waals surface area contributed by atoms with Gasteiger partial charge in [-0.15, -0.1) is 0 Å². The molecule has 84 valence electrons. The Bertz CT molecular complexity index is 158. The fraction of sp³-hybridized carbons (Fsp3) is 0.909. The molecular weight excluding hydrogens is 180 g/mol. The Morgan fingerprint density at radius 1 is 1.21 bits per heavy atom. The Balaban J connectivity index is 3.33. The smallest absolute Gasteiger partial charge is 0.163 e. The van der Waals surface area contributed by atoms with Crippen LogP contribution in [0.2, 0.25) is 0 Å². The predicted octanol–water partition coefficient (Wildman–Crippen LogP) is 1.78. The number of rotatable bonds is 7. The molecule has 0 bridgehead atoms. The molecule has 0 unspecified atom stereocenters. The summed E-state index contributed by atoms with van der Waals surface area (Å²) in [6.07, 6.45) is 2.69. The van der Waals surface area contributed by atoms with E-state index >= 15 is 0 Å². The van der Waals surface area contributed by atoms with E-state index in [0.29, 0.717) is 6.61 Å². The summed E-state index contributed by atoms with van der Waals surface area (Å²) in [4.78, 5) is 11.4. The van der Waals surface area contributed by atoms with Crippen molar-refractivity contribution in [3.63, 3.8) is 0 Å². The minimum atomic E-state index is -0.300. The molecule has 0 fully saturated rings. The molecule has 0 spiro atoms. The number of hydrogen-bond acceptors (Lipinski definition) is 3. The average Bonchev–Trinajstić information content (AvgIpc) is 2.09. The first-order valence-corrected chi connectivity index (χ1v) is 5.20. The Labute approximate surface area is 86.5 Å². The van der Waals surface area contributed by atoms with Gasteiger partial charge < -0.3 is 9.84 Å². The lowest BCUT2D eigenvalue weighted by Gasteiger charge is -2.16. The second kappa shape index (κ2) is 6.96. The molecule has 0 saturated carbocycles. The molecule has 3 heteroatoms. The first kappa shape index (κ1) is 13.6. The van der Waals surface area contributed by atoms with Gasteiger partial charge in [0.1, 0.15) is 6.61 Å². The Hall–Kier alpha value is -0.410. The standard InChI is InChI=1S/C11H22O3/c1-11(2,3)10(13)9-14-8-6-4-5-7-12/h12H,4-9H2,1-3H3. The molecule has 0 aliphatic carbocycles. The number of ether oxygens (including phenoxy) is 1. The van der Waals surface area contributed by atoms with E-state index in [1.165, 1.54) is 0 Å². The Morgan fingerprint density at radius 3 is 2.36 bits per heavy atom. The Morgan fingerprint density at radius 2 is 1.86 bits per heavy atom. The maximum atomic E-state index is 11.4. The van der Waals surface area contributed by atoms with E-state index in [2.05, 4.69) is 0 Å². The van der Waals surface area contributed by atoms with Gasteiger partial charge in [0.05, 0.1) is 0 Å². The van der Waals surface area contributed by atoms with Crippen LogP contribution in [-0.2, 0) is 9.53 Å². The minimum absolute atomic E-state index is 0.139. The SMILES string of the molecule is CC(C)(C)C(=O)COCCCCCO. The van der Waals surface area contributed by atoms with E-state index in [-0.39, 0.29) is 24.4 Å². The molecule has 0 aromatic carbocycles. The van der Waals surface area contributed by atoms with Gasteiger partial charge in [0.15, 0.2) is 5.78 Å². The van der Waals surface area contributed by atoms with Gasteiger partial charge in [-0.2, -0.15) is 0 Å². The van der Waals surface area contributed by atoms with Gasteiger partial charge in [-0.05, 0) is 19.3 Å². The van der Waals surface area contributed by atoms with Crippen LogP contribution in [0, 0.1) is 5.41 Å². The molecule has 0 rings (SSSR count). The minimum Gasteiger partial charge on any atom is -0.396 e. The zero-order valence-electron chi connectivity index (χ0n) is 9.51. The van der Waals surface area contributed by atoms with Crippen LogP contribution in [0.5, 0.6) is 0 Å². The summed E-state index contributed by atoms with van der Waals surface area (Å²) < 4.78 is 5.24. The van der Waals surface area contributed by atoms with E-state index in [0.717, 1.165) is 19.3 Å². The second-order valence-electron chi connectivity index (χ2n) is 4.51. The zero-order chi connectivity index (χ0) is 11.0. The highest BCUT2D eigenvalue weighted by Crippen LogP contribution is 2.14. The van der Waals surface area contributed by atoms with E-state index < -0.39 is 0 Å². The van der Waals surface area contributed by atoms with E-state index in [1.807, 2.05) is 20.8 Å². The number of Topliss-reactive ketones (excluding diaryl/α,β-unsaturated/α-hetero) is 1. The van der Waals surface area contributed by atoms with Crippen molar-refractivity contribution in [2.45, 2.75) is 40.0 Å². The van der Waals surface area contributed by atoms with Crippen LogP contribution >= 0.6 is 0 Å². The van der Waals surface area contributed by atoms with Gasteiger partial charge in [0.2, 0.25) is 0 Å². The van der Waals surface area contributed by atoms with Crippen molar-refractivity contribution in [3.8, 4) is 0 Å². The highest BCUT2D eigenvalue weighted by Gasteiger charge is 2.20. The van der Waals surface area contributed by atoms with E-state index in [1.54, 1.807) is 0 Å². The number of carbonyl (C=O) groups excluding carboxylic acids is 1. The van der Waals surface area contributed by atoms with Gasteiger partial charge in [-0.1, -0.05) is 20.8 Å². The molecule has 1 N–H and O–H groups in total. The lowest BCUT2D eigenvalue weighted by molar-refractivity contribution is -0.131. The van der Waals surface area contributed by atoms with Crippen molar-refractivity contribution in [1.29, 1.82) is 0 Å². The fourth-order valence-corrected chi connectivity index (χ4v) is 0.874. The Kier molecular flexibility index (Phi) is 6.75. The first-order valence-electron chi connectivity index (χ1n) is 5.20. The molecule has 0 atom stereocenters. The molecule has 14 heavy (non-hydrogen) atoms. The van der Waals surface area contributed by atoms with Crippen LogP contribution in [0.3, 0.4) is 0 Å². The van der Waals surface area contributed by atoms with Crippen molar-refractivity contribution in [2.75, 3.05) is 19.8 Å². The maximum Gasteiger partial charge on any atom is 0.163 e. The van der Waals surface area contributed by atoms with Gasteiger partial charge in [-0.3, -0.25) is 4.79 Å². The van der Waals surface area contributed by atoms with Crippen molar-refractivity contribution in [1.82, 2.24) is 0 Å². The third-order valence-corrected chi connectivity index (χ3v) is 2.02. The largest absolute Gasteiger partial charge is 0.396 e. The summed E-state index contributed by atoms with van der Waals surface area (Å²) in [7, 11) is 0. The number of unbranched alkanes of at least 4 members (excludes halogenated alkanes) is 2. The van der Waals surface area contributed by atoms with Crippen LogP contribution in [0.1, 0.15) is 40.0 Å². The molecule has 0 radical (unpaired) electrons. The third kappa shape index (κ3) is 7.04. The van der Waals surface area contributed by atoms with Crippen molar-refractivity contribution in [2.24, 2.45) is 5.41 Å². The number of ketones is 1. The van der Waals surface area contributed by atoms with E-state index in [4.69, 9.17) is 9.84 Å². The molecule has 0 aromatic rings. The quantitative estimate of drug-likeness (QED) is 0.640. The highest BCUT2D eigenvalue weighted by molar-refractivity contribution is 5.84. The summed E-state index contributed by atoms with van der Waals surface area (Å²) in [5.41, 5.74) is -0.300. The average molecular weight is 202 g/mol. The zero-order valence-corrected chi connectivity index (χ0v) is 9.51. The van der Waals surface area contributed by atoms with Crippen molar-refractivity contribution in [3.05, 3.63) is 0 Å². The molecule has 0 aliphatic rings. The van der Waals surface area contributed by atoms with Gasteiger partial charge in [0.25, 0.3) is 0 Å². The van der Waals surface area contributed by atoms with Gasteiger partial charge in [-0.25, -0.2) is 0 Å². The van der Waals surface area contributed by atoms with Gasteiger partial charge in [0, 0.05) is 18.6 Å². The lowest BCUT2D eigenvalue weighted by Crippen LogP contribution is -2.25. The van der Waals surface area contributed by atoms with Crippen LogP contribution in [0.25, 0.3) is 0 Å². The molecule has 0 aromatic heterocycles. The number of aliphatic hydroxyl groups is 1. The molecule has 0 saturated heterocycles. The van der Waals surface area contributed by atoms with Crippen LogP contribution in [0.4, 0.5) is 0 Å². The molecule has 0 heterocycles. The normalized spacial score (nSPS) is 11.7. The molecule has 0 aliphatic heterocycles. The van der Waals surface area contributed by atoms with Gasteiger partial charge >= 0.3 is 0 Å². The number of carbonyl (C=O) groups is 1. The second-order valence-corrected chi connectivity index (χ2v) is 4.51. The predicted molar refractivity (Wildman–Crippen MR) is 56.2 cm³/mol. The van der Waals surface area contributed by atoms with E-state index in [9.17, 15) is 4.79 Å². The van der Waals surface area contributed by atoms with Crippen LogP contribution in [-0.4, -0.2) is 30.7 Å². The highest BCUT2D eigenvalue weighted by atomic mass is 16.5. The molecule has 0 amide bonds. The first-order chi connectivity index (χ1) is 6.48. The third-order valence-electron chi connectivity index (χ3n) is 2.02. The lowest BCUT2D eigenvalue weighted by atomic mass is 9.91. The maximum absolute atomic E-state index is 11.4. The summed E-state index contributed by atoms with van der Waals surface area (Å²) in [5.74, 6) is 0.139. The van der Waals surface area contributed by atoms with Crippen LogP contribution < -0.4 is 0 Å². The van der Waals surface area contributed by atoms with Crippen molar-refractivity contribution >= 4 is 5.78 Å². The topological polar surface area (TPSA) is 46.5 Å². The van der Waals surface area contributed by atoms with Crippen LogP contribution in [0.15, 0.2) is 0 Å². The summed E-state index contributed by atoms with van der Waals surface area (Å²) in [6, 6.07) is 0. The monoisotopic (exact) mass is 202 g/mol. The summed E-state index contributed by atoms with van der Waals surface area (Å²) in [6.45, 7) is 6.74. The molecule has 3 nitrogen and oxygen atoms in total. The summed E-state index contributed by atoms with van der Waals surface area (Å²) in [5, 5.41) is 8.52. The number of aliphatic hydroxyl groups excluding tert-OH is 1. The summed E-state index contributed by atoms with van der Waals surface area (Å²) >= 11 is 0.